The van der Waals surface area contributed by atoms with Gasteiger partial charge in [-0.2, -0.15) is 0 Å². The Morgan fingerprint density at radius 1 is 0.961 bits per heavy atom. The molecule has 13 heteroatoms. The fourth-order valence-corrected chi connectivity index (χ4v) is 6.50. The molecule has 3 N–H and O–H groups in total. The van der Waals surface area contributed by atoms with E-state index in [9.17, 15) is 19.2 Å². The van der Waals surface area contributed by atoms with Crippen molar-refractivity contribution in [3.63, 3.8) is 0 Å². The lowest BCUT2D eigenvalue weighted by Crippen LogP contribution is -2.59. The number of hydrogen-bond acceptors (Lipinski definition) is 8. The van der Waals surface area contributed by atoms with Crippen LogP contribution in [0.5, 0.6) is 0 Å². The van der Waals surface area contributed by atoms with E-state index in [1.165, 1.54) is 25.8 Å². The van der Waals surface area contributed by atoms with E-state index in [0.717, 1.165) is 37.1 Å². The van der Waals surface area contributed by atoms with Crippen LogP contribution in [0.3, 0.4) is 0 Å². The number of rotatable bonds is 14. The van der Waals surface area contributed by atoms with Gasteiger partial charge in [-0.15, -0.1) is 0 Å². The first-order valence-corrected chi connectivity index (χ1v) is 18.3. The van der Waals surface area contributed by atoms with Crippen LogP contribution in [0.1, 0.15) is 77.1 Å². The maximum Gasteiger partial charge on any atom is 0.408 e. The Hall–Kier alpha value is -4.36. The number of amides is 4. The van der Waals surface area contributed by atoms with Crippen molar-refractivity contribution in [2.45, 2.75) is 91.0 Å². The summed E-state index contributed by atoms with van der Waals surface area (Å²) in [5, 5.41) is 8.15. The highest BCUT2D eigenvalue weighted by atomic mass is 32.2. The summed E-state index contributed by atoms with van der Waals surface area (Å²) in [6.45, 7) is 13.9. The minimum atomic E-state index is -1.41. The van der Waals surface area contributed by atoms with Crippen LogP contribution in [-0.4, -0.2) is 80.3 Å². The van der Waals surface area contributed by atoms with Gasteiger partial charge in [-0.1, -0.05) is 67.6 Å². The van der Waals surface area contributed by atoms with Crippen molar-refractivity contribution in [1.29, 1.82) is 0 Å². The van der Waals surface area contributed by atoms with E-state index in [2.05, 4.69) is 27.9 Å². The van der Waals surface area contributed by atoms with Gasteiger partial charge >= 0.3 is 6.09 Å². The minimum Gasteiger partial charge on any atom is -0.444 e. The number of alkyl carbamates (subject to hydrolysis) is 1. The van der Waals surface area contributed by atoms with Gasteiger partial charge in [0, 0.05) is 18.8 Å². The first-order chi connectivity index (χ1) is 24.1. The third-order valence-electron chi connectivity index (χ3n) is 8.58. The van der Waals surface area contributed by atoms with Gasteiger partial charge in [-0.25, -0.2) is 9.78 Å². The molecule has 2 atom stereocenters. The Kier molecular flexibility index (Phi) is 13.7. The summed E-state index contributed by atoms with van der Waals surface area (Å²) < 4.78 is 13.0. The molecule has 3 aromatic rings. The molecule has 1 aliphatic rings. The van der Waals surface area contributed by atoms with Gasteiger partial charge in [0.25, 0.3) is 5.91 Å². The molecule has 1 aliphatic heterocycles. The SMILES string of the molecule is Cc1c(NC(=O)[C@@H](COCc2ccccc2)NC(=O)C(C)(C)NC(=O)OC(C)(C)C)ncn1SCC(C(=O)N1CCC(C)CC1)c1ccccc1. The van der Waals surface area contributed by atoms with E-state index < -0.39 is 35.1 Å². The Labute approximate surface area is 305 Å². The first kappa shape index (κ1) is 39.4. The molecule has 1 saturated heterocycles. The third kappa shape index (κ3) is 11.9. The number of hydrogen-bond donors (Lipinski definition) is 3. The number of carbonyl (C=O) groups excluding carboxylic acids is 4. The normalized spacial score (nSPS) is 15.1. The molecule has 1 aromatic heterocycles. The van der Waals surface area contributed by atoms with E-state index in [0.29, 0.717) is 23.2 Å². The molecule has 0 aliphatic carbocycles. The molecule has 0 spiro atoms. The Morgan fingerprint density at radius 3 is 2.22 bits per heavy atom. The lowest BCUT2D eigenvalue weighted by Gasteiger charge is -2.33. The van der Waals surface area contributed by atoms with E-state index in [4.69, 9.17) is 9.47 Å². The van der Waals surface area contributed by atoms with Crippen molar-refractivity contribution in [2.75, 3.05) is 30.8 Å². The summed E-state index contributed by atoms with van der Waals surface area (Å²) in [6.07, 6.45) is 2.85. The minimum absolute atomic E-state index is 0.116. The predicted octanol–water partition coefficient (Wildman–Crippen LogP) is 5.67. The highest BCUT2D eigenvalue weighted by molar-refractivity contribution is 7.97. The zero-order chi connectivity index (χ0) is 37.2. The lowest BCUT2D eigenvalue weighted by atomic mass is 9.95. The zero-order valence-corrected chi connectivity index (χ0v) is 31.5. The van der Waals surface area contributed by atoms with E-state index in [-0.39, 0.29) is 25.0 Å². The summed E-state index contributed by atoms with van der Waals surface area (Å²) >= 11 is 1.44. The number of anilines is 1. The average molecular weight is 721 g/mol. The molecule has 276 valence electrons. The largest absolute Gasteiger partial charge is 0.444 e. The number of nitrogens with one attached hydrogen (secondary N) is 3. The number of imidazole rings is 1. The summed E-state index contributed by atoms with van der Waals surface area (Å²) in [7, 11) is 0. The molecule has 4 amide bonds. The first-order valence-electron chi connectivity index (χ1n) is 17.4. The van der Waals surface area contributed by atoms with Crippen molar-refractivity contribution >= 4 is 41.6 Å². The second-order valence-corrected chi connectivity index (χ2v) is 15.5. The molecule has 0 radical (unpaired) electrons. The average Bonchev–Trinajstić information content (AvgIpc) is 3.42. The topological polar surface area (TPSA) is 144 Å². The molecule has 2 aromatic carbocycles. The second-order valence-electron chi connectivity index (χ2n) is 14.5. The van der Waals surface area contributed by atoms with Crippen molar-refractivity contribution in [1.82, 2.24) is 24.5 Å². The van der Waals surface area contributed by atoms with Crippen LogP contribution < -0.4 is 16.0 Å². The highest BCUT2D eigenvalue weighted by Gasteiger charge is 2.35. The van der Waals surface area contributed by atoms with Crippen LogP contribution in [0.4, 0.5) is 10.6 Å². The molecule has 4 rings (SSSR count). The van der Waals surface area contributed by atoms with Gasteiger partial charge in [0.2, 0.25) is 11.8 Å². The Balaban J connectivity index is 1.45. The van der Waals surface area contributed by atoms with Crippen LogP contribution >= 0.6 is 11.9 Å². The molecule has 12 nitrogen and oxygen atoms in total. The van der Waals surface area contributed by atoms with Crippen molar-refractivity contribution in [3.05, 3.63) is 83.8 Å². The Bertz CT molecular complexity index is 1620. The number of piperidine rings is 1. The number of nitrogens with zero attached hydrogens (tertiary/aromatic N) is 3. The molecule has 0 saturated carbocycles. The zero-order valence-electron chi connectivity index (χ0n) is 30.7. The maximum atomic E-state index is 13.7. The van der Waals surface area contributed by atoms with Crippen LogP contribution in [0.2, 0.25) is 0 Å². The van der Waals surface area contributed by atoms with E-state index in [1.807, 2.05) is 76.5 Å². The van der Waals surface area contributed by atoms with Crippen molar-refractivity contribution in [3.8, 4) is 0 Å². The van der Waals surface area contributed by atoms with Gasteiger partial charge in [-0.05, 0) is 83.4 Å². The fraction of sp³-hybridized carbons (Fsp3) is 0.500. The van der Waals surface area contributed by atoms with Gasteiger partial charge in [0.15, 0.2) is 5.82 Å². The number of ether oxygens (including phenoxy) is 2. The second kappa shape index (κ2) is 17.7. The van der Waals surface area contributed by atoms with Crippen LogP contribution in [0, 0.1) is 12.8 Å². The van der Waals surface area contributed by atoms with Gasteiger partial charge in [-0.3, -0.25) is 18.4 Å². The summed E-state index contributed by atoms with van der Waals surface area (Å²) in [6, 6.07) is 18.2. The quantitative estimate of drug-likeness (QED) is 0.193. The molecular weight excluding hydrogens is 669 g/mol. The smallest absolute Gasteiger partial charge is 0.408 e. The predicted molar refractivity (Wildman–Crippen MR) is 199 cm³/mol. The van der Waals surface area contributed by atoms with Crippen LogP contribution in [-0.2, 0) is 30.5 Å². The number of benzene rings is 2. The van der Waals surface area contributed by atoms with Crippen molar-refractivity contribution < 1.29 is 28.7 Å². The number of aromatic nitrogens is 2. The summed E-state index contributed by atoms with van der Waals surface area (Å²) in [5.41, 5.74) is 0.366. The molecule has 2 heterocycles. The number of likely N-dealkylation sites (tertiary alicyclic amines) is 1. The third-order valence-corrected chi connectivity index (χ3v) is 9.71. The maximum absolute atomic E-state index is 13.7. The Morgan fingerprint density at radius 2 is 1.59 bits per heavy atom. The molecule has 51 heavy (non-hydrogen) atoms. The standard InChI is InChI=1S/C38H52N6O6S/c1-26-18-20-43(21-19-26)34(46)30(29-16-12-9-13-17-29)24-51-44-25-39-32(27(44)2)41-33(45)31(23-49-22-28-14-10-8-11-15-28)40-35(47)38(6,7)42-36(48)50-37(3,4)5/h8-17,25-26,30-31H,18-24H2,1-7H3,(H,40,47)(H,41,45)(H,42,48)/t30?,31-/m1/s1. The molecule has 1 fully saturated rings. The van der Waals surface area contributed by atoms with Gasteiger partial charge in [0.1, 0.15) is 23.5 Å². The van der Waals surface area contributed by atoms with Gasteiger partial charge < -0.3 is 30.3 Å². The fourth-order valence-electron chi connectivity index (χ4n) is 5.46. The van der Waals surface area contributed by atoms with Crippen LogP contribution in [0.25, 0.3) is 0 Å². The lowest BCUT2D eigenvalue weighted by molar-refractivity contribution is -0.133. The molecular formula is C38H52N6O6S. The van der Waals surface area contributed by atoms with E-state index >= 15 is 0 Å². The number of carbonyl (C=O) groups is 4. The highest BCUT2D eigenvalue weighted by Crippen LogP contribution is 2.28. The summed E-state index contributed by atoms with van der Waals surface area (Å²) in [5.74, 6) is 0.0335. The summed E-state index contributed by atoms with van der Waals surface area (Å²) in [4.78, 5) is 59.8. The molecule has 1 unspecified atom stereocenters. The van der Waals surface area contributed by atoms with Crippen LogP contribution in [0.15, 0.2) is 67.0 Å². The van der Waals surface area contributed by atoms with Gasteiger partial charge in [0.05, 0.1) is 24.8 Å². The molecule has 0 bridgehead atoms. The monoisotopic (exact) mass is 720 g/mol. The van der Waals surface area contributed by atoms with E-state index in [1.54, 1.807) is 27.1 Å². The van der Waals surface area contributed by atoms with Crippen molar-refractivity contribution in [2.24, 2.45) is 5.92 Å².